The highest BCUT2D eigenvalue weighted by Gasteiger charge is 2.08. The van der Waals surface area contributed by atoms with Crippen LogP contribution in [-0.2, 0) is 4.74 Å². The molecule has 1 heterocycles. The van der Waals surface area contributed by atoms with Crippen LogP contribution in [0, 0.1) is 0 Å². The minimum absolute atomic E-state index is 0.271. The van der Waals surface area contributed by atoms with Crippen molar-refractivity contribution in [3.05, 3.63) is 0 Å². The first-order valence-electron chi connectivity index (χ1n) is 6.54. The highest BCUT2D eigenvalue weighted by molar-refractivity contribution is 5.27. The molecular formula is C12H22N4O3. The van der Waals surface area contributed by atoms with E-state index in [1.807, 2.05) is 13.8 Å². The van der Waals surface area contributed by atoms with Gasteiger partial charge >= 0.3 is 12.0 Å². The van der Waals surface area contributed by atoms with Crippen molar-refractivity contribution in [2.75, 3.05) is 38.8 Å². The lowest BCUT2D eigenvalue weighted by Gasteiger charge is -2.09. The summed E-state index contributed by atoms with van der Waals surface area (Å²) in [6, 6.07) is 0.558. The Balaban J connectivity index is 2.63. The molecule has 0 amide bonds. The topological polar surface area (TPSA) is 78.4 Å². The van der Waals surface area contributed by atoms with Gasteiger partial charge in [0.15, 0.2) is 0 Å². The summed E-state index contributed by atoms with van der Waals surface area (Å²) in [5.74, 6) is 0.463. The standard InChI is InChI=1S/C12H22N4O3/c1-4-7-18-11-14-10(13-5-2)15-12(16-11)19-9-6-8-17-3/h4-9H2,1-3H3,(H,13,14,15,16). The first-order valence-corrected chi connectivity index (χ1v) is 6.54. The molecule has 19 heavy (non-hydrogen) atoms. The predicted octanol–water partition coefficient (Wildman–Crippen LogP) is 1.51. The van der Waals surface area contributed by atoms with Gasteiger partial charge in [0.25, 0.3) is 0 Å². The summed E-state index contributed by atoms with van der Waals surface area (Å²) in [5, 5.41) is 3.02. The summed E-state index contributed by atoms with van der Waals surface area (Å²) in [7, 11) is 1.66. The first-order chi connectivity index (χ1) is 9.30. The Morgan fingerprint density at radius 2 is 1.63 bits per heavy atom. The number of methoxy groups -OCH3 is 1. The number of hydrogen-bond acceptors (Lipinski definition) is 7. The molecule has 1 rings (SSSR count). The molecule has 0 saturated carbocycles. The van der Waals surface area contributed by atoms with Crippen LogP contribution in [0.2, 0.25) is 0 Å². The van der Waals surface area contributed by atoms with Crippen molar-refractivity contribution >= 4 is 5.95 Å². The number of nitrogens with one attached hydrogen (secondary N) is 1. The van der Waals surface area contributed by atoms with Gasteiger partial charge in [-0.3, -0.25) is 0 Å². The lowest BCUT2D eigenvalue weighted by molar-refractivity contribution is 0.167. The number of anilines is 1. The van der Waals surface area contributed by atoms with Crippen LogP contribution in [0.15, 0.2) is 0 Å². The molecule has 7 heteroatoms. The fourth-order valence-corrected chi connectivity index (χ4v) is 1.26. The maximum absolute atomic E-state index is 5.45. The maximum Gasteiger partial charge on any atom is 0.324 e. The van der Waals surface area contributed by atoms with E-state index in [2.05, 4.69) is 20.3 Å². The van der Waals surface area contributed by atoms with Crippen molar-refractivity contribution in [1.29, 1.82) is 0 Å². The average molecular weight is 270 g/mol. The van der Waals surface area contributed by atoms with E-state index in [-0.39, 0.29) is 12.0 Å². The van der Waals surface area contributed by atoms with E-state index in [1.165, 1.54) is 0 Å². The van der Waals surface area contributed by atoms with Gasteiger partial charge in [-0.15, -0.1) is 4.98 Å². The van der Waals surface area contributed by atoms with Crippen LogP contribution >= 0.6 is 0 Å². The number of rotatable bonds is 10. The molecule has 0 fully saturated rings. The normalized spacial score (nSPS) is 10.3. The Kier molecular flexibility index (Phi) is 7.57. The smallest absolute Gasteiger partial charge is 0.324 e. The van der Waals surface area contributed by atoms with Gasteiger partial charge in [0.1, 0.15) is 0 Å². The third-order valence-corrected chi connectivity index (χ3v) is 2.09. The Morgan fingerprint density at radius 1 is 0.947 bits per heavy atom. The molecule has 0 spiro atoms. The van der Waals surface area contributed by atoms with E-state index in [4.69, 9.17) is 14.2 Å². The van der Waals surface area contributed by atoms with Gasteiger partial charge in [0.2, 0.25) is 5.95 Å². The monoisotopic (exact) mass is 270 g/mol. The van der Waals surface area contributed by atoms with Gasteiger partial charge in [0, 0.05) is 26.7 Å². The molecule has 0 unspecified atom stereocenters. The van der Waals surface area contributed by atoms with Crippen LogP contribution < -0.4 is 14.8 Å². The molecule has 0 radical (unpaired) electrons. The van der Waals surface area contributed by atoms with E-state index >= 15 is 0 Å². The number of hydrogen-bond donors (Lipinski definition) is 1. The van der Waals surface area contributed by atoms with Crippen molar-refractivity contribution in [2.45, 2.75) is 26.7 Å². The predicted molar refractivity (Wildman–Crippen MR) is 71.8 cm³/mol. The van der Waals surface area contributed by atoms with Crippen molar-refractivity contribution in [2.24, 2.45) is 0 Å². The number of nitrogens with zero attached hydrogens (tertiary/aromatic N) is 3. The molecule has 1 aromatic heterocycles. The Bertz CT molecular complexity index is 363. The van der Waals surface area contributed by atoms with Gasteiger partial charge in [-0.05, 0) is 13.3 Å². The van der Waals surface area contributed by atoms with Crippen LogP contribution in [-0.4, -0.2) is 48.4 Å². The first kappa shape index (κ1) is 15.4. The third-order valence-electron chi connectivity index (χ3n) is 2.09. The largest absolute Gasteiger partial charge is 0.463 e. The molecule has 7 nitrogen and oxygen atoms in total. The highest BCUT2D eigenvalue weighted by Crippen LogP contribution is 2.13. The van der Waals surface area contributed by atoms with E-state index < -0.39 is 0 Å². The Labute approximate surface area is 113 Å². The molecule has 0 saturated heterocycles. The fourth-order valence-electron chi connectivity index (χ4n) is 1.26. The molecule has 0 aliphatic heterocycles. The molecule has 1 aromatic rings. The second-order valence-electron chi connectivity index (χ2n) is 3.80. The van der Waals surface area contributed by atoms with E-state index in [1.54, 1.807) is 7.11 Å². The lowest BCUT2D eigenvalue weighted by atomic mass is 10.5. The molecular weight excluding hydrogens is 248 g/mol. The third kappa shape index (κ3) is 6.19. The fraction of sp³-hybridized carbons (Fsp3) is 0.750. The van der Waals surface area contributed by atoms with E-state index in [0.29, 0.717) is 25.8 Å². The molecule has 0 aliphatic rings. The minimum Gasteiger partial charge on any atom is -0.463 e. The lowest BCUT2D eigenvalue weighted by Crippen LogP contribution is -2.10. The second kappa shape index (κ2) is 9.32. The van der Waals surface area contributed by atoms with Crippen LogP contribution in [0.25, 0.3) is 0 Å². The van der Waals surface area contributed by atoms with Gasteiger partial charge in [-0.2, -0.15) is 9.97 Å². The van der Waals surface area contributed by atoms with Crippen LogP contribution in [0.4, 0.5) is 5.95 Å². The highest BCUT2D eigenvalue weighted by atomic mass is 16.5. The van der Waals surface area contributed by atoms with Gasteiger partial charge < -0.3 is 19.5 Å². The van der Waals surface area contributed by atoms with Crippen molar-refractivity contribution in [3.8, 4) is 12.0 Å². The summed E-state index contributed by atoms with van der Waals surface area (Å²) in [4.78, 5) is 12.4. The SMILES string of the molecule is CCCOc1nc(NCC)nc(OCCCOC)n1. The summed E-state index contributed by atoms with van der Waals surface area (Å²) in [6.07, 6.45) is 1.68. The summed E-state index contributed by atoms with van der Waals surface area (Å²) in [5.41, 5.74) is 0. The zero-order chi connectivity index (χ0) is 13.9. The summed E-state index contributed by atoms with van der Waals surface area (Å²) >= 11 is 0. The van der Waals surface area contributed by atoms with Gasteiger partial charge in [-0.25, -0.2) is 0 Å². The van der Waals surface area contributed by atoms with E-state index in [9.17, 15) is 0 Å². The van der Waals surface area contributed by atoms with Crippen molar-refractivity contribution in [1.82, 2.24) is 15.0 Å². The van der Waals surface area contributed by atoms with Crippen molar-refractivity contribution in [3.63, 3.8) is 0 Å². The second-order valence-corrected chi connectivity index (χ2v) is 3.80. The Hall–Kier alpha value is -1.63. The summed E-state index contributed by atoms with van der Waals surface area (Å²) in [6.45, 7) is 6.42. The molecule has 1 N–H and O–H groups in total. The van der Waals surface area contributed by atoms with Gasteiger partial charge in [0.05, 0.1) is 13.2 Å². The van der Waals surface area contributed by atoms with Crippen molar-refractivity contribution < 1.29 is 14.2 Å². The van der Waals surface area contributed by atoms with E-state index in [0.717, 1.165) is 19.4 Å². The zero-order valence-corrected chi connectivity index (χ0v) is 11.8. The number of ether oxygens (including phenoxy) is 3. The van der Waals surface area contributed by atoms with Crippen LogP contribution in [0.3, 0.4) is 0 Å². The van der Waals surface area contributed by atoms with Gasteiger partial charge in [-0.1, -0.05) is 6.92 Å². The molecule has 0 atom stereocenters. The van der Waals surface area contributed by atoms with Crippen LogP contribution in [0.1, 0.15) is 26.7 Å². The maximum atomic E-state index is 5.45. The molecule has 0 aromatic carbocycles. The minimum atomic E-state index is 0.271. The number of aromatic nitrogens is 3. The Morgan fingerprint density at radius 3 is 2.21 bits per heavy atom. The molecule has 0 bridgehead atoms. The summed E-state index contributed by atoms with van der Waals surface area (Å²) < 4.78 is 15.8. The quantitative estimate of drug-likeness (QED) is 0.645. The average Bonchev–Trinajstić information content (AvgIpc) is 2.42. The molecule has 0 aliphatic carbocycles. The zero-order valence-electron chi connectivity index (χ0n) is 11.8. The van der Waals surface area contributed by atoms with Crippen LogP contribution in [0.5, 0.6) is 12.0 Å². The molecule has 108 valence electrons.